The van der Waals surface area contributed by atoms with Crippen LogP contribution in [0, 0.1) is 0 Å². The van der Waals surface area contributed by atoms with E-state index in [0.29, 0.717) is 13.0 Å². The Labute approximate surface area is 193 Å². The van der Waals surface area contributed by atoms with Gasteiger partial charge in [0.25, 0.3) is 0 Å². The van der Waals surface area contributed by atoms with Gasteiger partial charge < -0.3 is 23.5 Å². The van der Waals surface area contributed by atoms with Crippen molar-refractivity contribution in [3.63, 3.8) is 0 Å². The van der Waals surface area contributed by atoms with Gasteiger partial charge >= 0.3 is 11.9 Å². The van der Waals surface area contributed by atoms with Gasteiger partial charge in [-0.2, -0.15) is 0 Å². The first-order valence-corrected chi connectivity index (χ1v) is 11.1. The van der Waals surface area contributed by atoms with Gasteiger partial charge in [0.15, 0.2) is 11.4 Å². The third kappa shape index (κ3) is 5.63. The van der Waals surface area contributed by atoms with Crippen molar-refractivity contribution < 1.29 is 28.5 Å². The van der Waals surface area contributed by atoms with Gasteiger partial charge in [0, 0.05) is 6.20 Å². The second-order valence-corrected chi connectivity index (χ2v) is 8.29. The summed E-state index contributed by atoms with van der Waals surface area (Å²) in [7, 11) is 2.49. The van der Waals surface area contributed by atoms with Crippen LogP contribution in [-0.4, -0.2) is 42.9 Å². The van der Waals surface area contributed by atoms with Gasteiger partial charge in [-0.1, -0.05) is 43.2 Å². The van der Waals surface area contributed by atoms with E-state index in [9.17, 15) is 14.4 Å². The highest BCUT2D eigenvalue weighted by atomic mass is 16.5. The van der Waals surface area contributed by atoms with E-state index in [1.807, 2.05) is 30.3 Å². The highest BCUT2D eigenvalue weighted by Gasteiger charge is 2.34. The zero-order chi connectivity index (χ0) is 24.0. The molecule has 1 saturated carbocycles. The summed E-state index contributed by atoms with van der Waals surface area (Å²) in [4.78, 5) is 38.4. The van der Waals surface area contributed by atoms with E-state index in [0.717, 1.165) is 24.8 Å². The van der Waals surface area contributed by atoms with Gasteiger partial charge in [-0.3, -0.25) is 4.79 Å². The van der Waals surface area contributed by atoms with E-state index in [-0.39, 0.29) is 29.2 Å². The first kappa shape index (κ1) is 24.5. The average Bonchev–Trinajstić information content (AvgIpc) is 2.82. The fraction of sp³-hybridized carbons (Fsp3) is 0.480. The van der Waals surface area contributed by atoms with E-state index in [1.165, 1.54) is 20.4 Å². The molecule has 2 aromatic rings. The molecular weight excluding hydrogens is 426 g/mol. The van der Waals surface area contributed by atoms with Crippen LogP contribution in [0.3, 0.4) is 0 Å². The Hall–Kier alpha value is -3.13. The van der Waals surface area contributed by atoms with Gasteiger partial charge in [0.05, 0.1) is 39.1 Å². The number of methoxy groups -OCH3 is 2. The number of aromatic nitrogens is 1. The standard InChI is InChI=1S/C25H31NO7/c1-16(2)33-25(29)21-23(30-3)22(27)18(24(28)31-4)14-26(21)19-12-8-9-13-20(19)32-15-17-10-6-5-7-11-17/h5-7,10-11,14,16,19-20H,8-9,12-13,15H2,1-4H3/t19-,20-/m0/s1. The summed E-state index contributed by atoms with van der Waals surface area (Å²) in [5, 5.41) is 0. The molecule has 1 aliphatic rings. The maximum absolute atomic E-state index is 13.1. The van der Waals surface area contributed by atoms with Crippen LogP contribution >= 0.6 is 0 Å². The van der Waals surface area contributed by atoms with Gasteiger partial charge in [0.1, 0.15) is 5.56 Å². The first-order valence-electron chi connectivity index (χ1n) is 11.1. The maximum atomic E-state index is 13.1. The summed E-state index contributed by atoms with van der Waals surface area (Å²) in [5.74, 6) is -1.73. The lowest BCUT2D eigenvalue weighted by molar-refractivity contribution is -0.0181. The topological polar surface area (TPSA) is 93.1 Å². The normalized spacial score (nSPS) is 18.1. The lowest BCUT2D eigenvalue weighted by Gasteiger charge is -2.35. The highest BCUT2D eigenvalue weighted by Crippen LogP contribution is 2.34. The molecule has 8 heteroatoms. The van der Waals surface area contributed by atoms with Gasteiger partial charge in [-0.05, 0) is 32.3 Å². The highest BCUT2D eigenvalue weighted by molar-refractivity contribution is 5.94. The van der Waals surface area contributed by atoms with Crippen molar-refractivity contribution >= 4 is 11.9 Å². The third-order valence-corrected chi connectivity index (χ3v) is 5.67. The number of hydrogen-bond acceptors (Lipinski definition) is 7. The number of ether oxygens (including phenoxy) is 4. The Balaban J connectivity index is 2.09. The molecule has 33 heavy (non-hydrogen) atoms. The summed E-state index contributed by atoms with van der Waals surface area (Å²) in [6, 6.07) is 9.52. The van der Waals surface area contributed by atoms with Crippen molar-refractivity contribution in [2.45, 2.75) is 64.4 Å². The zero-order valence-corrected chi connectivity index (χ0v) is 19.5. The molecule has 0 saturated heterocycles. The summed E-state index contributed by atoms with van der Waals surface area (Å²) < 4.78 is 23.4. The van der Waals surface area contributed by atoms with Crippen molar-refractivity contribution in [1.29, 1.82) is 0 Å². The monoisotopic (exact) mass is 457 g/mol. The van der Waals surface area contributed by atoms with Gasteiger partial charge in [-0.25, -0.2) is 9.59 Å². The van der Waals surface area contributed by atoms with Crippen LogP contribution in [-0.2, 0) is 20.8 Å². The van der Waals surface area contributed by atoms with Crippen LogP contribution in [0.5, 0.6) is 5.75 Å². The van der Waals surface area contributed by atoms with Crippen molar-refractivity contribution in [3.05, 3.63) is 63.6 Å². The minimum Gasteiger partial charge on any atom is -0.491 e. The van der Waals surface area contributed by atoms with E-state index in [4.69, 9.17) is 18.9 Å². The first-order chi connectivity index (χ1) is 15.9. The Morgan fingerprint density at radius 2 is 1.76 bits per heavy atom. The molecule has 1 fully saturated rings. The lowest BCUT2D eigenvalue weighted by atomic mass is 9.91. The quantitative estimate of drug-likeness (QED) is 0.555. The summed E-state index contributed by atoms with van der Waals surface area (Å²) >= 11 is 0. The Bertz CT molecular complexity index is 1030. The molecule has 1 heterocycles. The SMILES string of the molecule is COC(=O)c1cn([C@H]2CCCC[C@@H]2OCc2ccccc2)c(C(=O)OC(C)C)c(OC)c1=O. The number of pyridine rings is 1. The van der Waals surface area contributed by atoms with E-state index in [2.05, 4.69) is 0 Å². The van der Waals surface area contributed by atoms with E-state index < -0.39 is 23.5 Å². The number of esters is 2. The van der Waals surface area contributed by atoms with Crippen LogP contribution in [0.15, 0.2) is 41.3 Å². The minimum atomic E-state index is -0.798. The average molecular weight is 458 g/mol. The molecule has 2 atom stereocenters. The summed E-state index contributed by atoms with van der Waals surface area (Å²) in [6.45, 7) is 3.86. The molecule has 8 nitrogen and oxygen atoms in total. The predicted molar refractivity (Wildman–Crippen MR) is 122 cm³/mol. The van der Waals surface area contributed by atoms with Crippen LogP contribution in [0.25, 0.3) is 0 Å². The fourth-order valence-corrected chi connectivity index (χ4v) is 4.15. The number of benzene rings is 1. The van der Waals surface area contributed by atoms with Crippen molar-refractivity contribution in [3.8, 4) is 5.75 Å². The van der Waals surface area contributed by atoms with Gasteiger partial charge in [-0.15, -0.1) is 0 Å². The van der Waals surface area contributed by atoms with Crippen LogP contribution in [0.1, 0.15) is 72.0 Å². The number of hydrogen-bond donors (Lipinski definition) is 0. The second kappa shape index (κ2) is 11.1. The fourth-order valence-electron chi connectivity index (χ4n) is 4.15. The summed E-state index contributed by atoms with van der Waals surface area (Å²) in [5.41, 5.74) is 0.0924. The molecule has 0 amide bonds. The van der Waals surface area contributed by atoms with Crippen LogP contribution in [0.4, 0.5) is 0 Å². The van der Waals surface area contributed by atoms with Crippen LogP contribution in [0.2, 0.25) is 0 Å². The van der Waals surface area contributed by atoms with Crippen molar-refractivity contribution in [2.24, 2.45) is 0 Å². The number of rotatable bonds is 8. The molecule has 0 unspecified atom stereocenters. The molecule has 0 spiro atoms. The number of nitrogens with zero attached hydrogens (tertiary/aromatic N) is 1. The predicted octanol–water partition coefficient (Wildman–Crippen LogP) is 3.91. The van der Waals surface area contributed by atoms with Crippen molar-refractivity contribution in [1.82, 2.24) is 4.57 Å². The molecule has 0 radical (unpaired) electrons. The van der Waals surface area contributed by atoms with Crippen molar-refractivity contribution in [2.75, 3.05) is 14.2 Å². The third-order valence-electron chi connectivity index (χ3n) is 5.67. The molecule has 1 aromatic heterocycles. The lowest BCUT2D eigenvalue weighted by Crippen LogP contribution is -2.36. The molecule has 3 rings (SSSR count). The Morgan fingerprint density at radius 1 is 1.06 bits per heavy atom. The summed E-state index contributed by atoms with van der Waals surface area (Å²) in [6.07, 6.45) is 4.11. The number of carbonyl (C=O) groups is 2. The Morgan fingerprint density at radius 3 is 2.39 bits per heavy atom. The van der Waals surface area contributed by atoms with E-state index >= 15 is 0 Å². The molecule has 0 aliphatic heterocycles. The minimum absolute atomic E-state index is 0.0240. The zero-order valence-electron chi connectivity index (χ0n) is 19.5. The molecule has 0 N–H and O–H groups in total. The Kier molecular flexibility index (Phi) is 8.27. The molecule has 0 bridgehead atoms. The van der Waals surface area contributed by atoms with E-state index in [1.54, 1.807) is 18.4 Å². The largest absolute Gasteiger partial charge is 0.491 e. The van der Waals surface area contributed by atoms with Crippen LogP contribution < -0.4 is 10.2 Å². The molecule has 1 aliphatic carbocycles. The van der Waals surface area contributed by atoms with Gasteiger partial charge in [0.2, 0.25) is 5.43 Å². The molecule has 1 aromatic carbocycles. The maximum Gasteiger partial charge on any atom is 0.359 e. The number of carbonyl (C=O) groups excluding carboxylic acids is 2. The molecular formula is C25H31NO7. The second-order valence-electron chi connectivity index (χ2n) is 8.29. The smallest absolute Gasteiger partial charge is 0.359 e. The molecule has 178 valence electrons.